The van der Waals surface area contributed by atoms with E-state index in [2.05, 4.69) is 31.2 Å². The summed E-state index contributed by atoms with van der Waals surface area (Å²) in [5.74, 6) is 0.780. The van der Waals surface area contributed by atoms with Gasteiger partial charge in [0.05, 0.1) is 0 Å². The van der Waals surface area contributed by atoms with E-state index in [1.807, 2.05) is 0 Å². The molecule has 0 aromatic heterocycles. The Kier molecular flexibility index (Phi) is 3.28. The third-order valence-electron chi connectivity index (χ3n) is 1.92. The Labute approximate surface area is 63.6 Å². The molecule has 0 aromatic carbocycles. The summed E-state index contributed by atoms with van der Waals surface area (Å²) < 4.78 is 0. The molecule has 1 aliphatic rings. The molecule has 1 unspecified atom stereocenters. The molecule has 0 bridgehead atoms. The molecule has 1 aliphatic carbocycles. The van der Waals surface area contributed by atoms with E-state index in [1.54, 1.807) is 0 Å². The predicted molar refractivity (Wildman–Crippen MR) is 45.9 cm³/mol. The molecule has 0 aliphatic heterocycles. The third kappa shape index (κ3) is 2.86. The highest BCUT2D eigenvalue weighted by Crippen LogP contribution is 2.11. The third-order valence-corrected chi connectivity index (χ3v) is 1.92. The lowest BCUT2D eigenvalue weighted by Crippen LogP contribution is -1.86. The molecule has 0 fully saturated rings. The minimum Gasteiger partial charge on any atom is -0.0885 e. The molecule has 1 rings (SSSR count). The first kappa shape index (κ1) is 7.59. The van der Waals surface area contributed by atoms with Gasteiger partial charge in [0.25, 0.3) is 0 Å². The van der Waals surface area contributed by atoms with Crippen LogP contribution in [0.4, 0.5) is 0 Å². The van der Waals surface area contributed by atoms with Gasteiger partial charge >= 0.3 is 0 Å². The molecule has 0 spiro atoms. The summed E-state index contributed by atoms with van der Waals surface area (Å²) >= 11 is 0. The molecular formula is C10H16. The fourth-order valence-corrected chi connectivity index (χ4v) is 1.21. The Bertz CT molecular complexity index is 131. The first-order valence-corrected chi connectivity index (χ1v) is 4.21. The lowest BCUT2D eigenvalue weighted by atomic mass is 10.1. The SMILES string of the molecule is CC1C=CCCC=CCC1. The minimum atomic E-state index is 0.780. The van der Waals surface area contributed by atoms with E-state index in [9.17, 15) is 0 Å². The second kappa shape index (κ2) is 4.32. The molecular weight excluding hydrogens is 120 g/mol. The molecule has 0 heteroatoms. The molecule has 0 amide bonds. The van der Waals surface area contributed by atoms with Crippen molar-refractivity contribution in [2.45, 2.75) is 32.6 Å². The van der Waals surface area contributed by atoms with E-state index in [0.717, 1.165) is 5.92 Å². The van der Waals surface area contributed by atoms with E-state index < -0.39 is 0 Å². The molecule has 0 saturated heterocycles. The highest BCUT2D eigenvalue weighted by Gasteiger charge is 1.95. The highest BCUT2D eigenvalue weighted by molar-refractivity contribution is 4.93. The van der Waals surface area contributed by atoms with Crippen LogP contribution in [0.5, 0.6) is 0 Å². The van der Waals surface area contributed by atoms with Gasteiger partial charge in [-0.3, -0.25) is 0 Å². The van der Waals surface area contributed by atoms with E-state index >= 15 is 0 Å². The van der Waals surface area contributed by atoms with Crippen LogP contribution in [0.2, 0.25) is 0 Å². The summed E-state index contributed by atoms with van der Waals surface area (Å²) in [5.41, 5.74) is 0. The van der Waals surface area contributed by atoms with Gasteiger partial charge in [-0.15, -0.1) is 0 Å². The maximum Gasteiger partial charge on any atom is -0.0259 e. The van der Waals surface area contributed by atoms with Crippen molar-refractivity contribution in [1.29, 1.82) is 0 Å². The summed E-state index contributed by atoms with van der Waals surface area (Å²) in [6, 6.07) is 0. The first-order chi connectivity index (χ1) is 4.89. The van der Waals surface area contributed by atoms with Gasteiger partial charge in [-0.05, 0) is 31.6 Å². The van der Waals surface area contributed by atoms with Crippen molar-refractivity contribution in [1.82, 2.24) is 0 Å². The van der Waals surface area contributed by atoms with Crippen molar-refractivity contribution in [3.05, 3.63) is 24.3 Å². The molecule has 0 radical (unpaired) electrons. The van der Waals surface area contributed by atoms with Gasteiger partial charge in [0.2, 0.25) is 0 Å². The lowest BCUT2D eigenvalue weighted by molar-refractivity contribution is 0.657. The fourth-order valence-electron chi connectivity index (χ4n) is 1.21. The number of hydrogen-bond donors (Lipinski definition) is 0. The van der Waals surface area contributed by atoms with Gasteiger partial charge in [0.1, 0.15) is 0 Å². The van der Waals surface area contributed by atoms with Gasteiger partial charge in [0, 0.05) is 0 Å². The van der Waals surface area contributed by atoms with Crippen LogP contribution in [0.25, 0.3) is 0 Å². The average molecular weight is 136 g/mol. The highest BCUT2D eigenvalue weighted by atomic mass is 14.0. The van der Waals surface area contributed by atoms with E-state index in [0.29, 0.717) is 0 Å². The molecule has 0 nitrogen and oxygen atoms in total. The summed E-state index contributed by atoms with van der Waals surface area (Å²) in [5, 5.41) is 0. The van der Waals surface area contributed by atoms with Gasteiger partial charge in [-0.1, -0.05) is 31.2 Å². The van der Waals surface area contributed by atoms with Gasteiger partial charge < -0.3 is 0 Å². The monoisotopic (exact) mass is 136 g/mol. The van der Waals surface area contributed by atoms with Crippen LogP contribution in [-0.4, -0.2) is 0 Å². The van der Waals surface area contributed by atoms with Crippen molar-refractivity contribution in [2.75, 3.05) is 0 Å². The smallest absolute Gasteiger partial charge is 0.0259 e. The first-order valence-electron chi connectivity index (χ1n) is 4.21. The minimum absolute atomic E-state index is 0.780. The summed E-state index contributed by atoms with van der Waals surface area (Å²) in [4.78, 5) is 0. The Morgan fingerprint density at radius 3 is 2.60 bits per heavy atom. The molecule has 0 heterocycles. The topological polar surface area (TPSA) is 0 Å². The standard InChI is InChI=1S/C10H16/c1-10-8-6-4-2-3-5-7-9-10/h2,4,7,9-10H,3,5-6,8H2,1H3. The van der Waals surface area contributed by atoms with E-state index in [4.69, 9.17) is 0 Å². The van der Waals surface area contributed by atoms with Crippen molar-refractivity contribution < 1.29 is 0 Å². The average Bonchev–Trinajstić information content (AvgIpc) is 2.02. The lowest BCUT2D eigenvalue weighted by Gasteiger charge is -2.00. The van der Waals surface area contributed by atoms with Crippen molar-refractivity contribution in [3.8, 4) is 0 Å². The summed E-state index contributed by atoms with van der Waals surface area (Å²) in [7, 11) is 0. The zero-order valence-corrected chi connectivity index (χ0v) is 6.72. The second-order valence-corrected chi connectivity index (χ2v) is 3.03. The maximum atomic E-state index is 2.34. The van der Waals surface area contributed by atoms with Crippen molar-refractivity contribution in [2.24, 2.45) is 5.92 Å². The zero-order chi connectivity index (χ0) is 7.23. The molecule has 0 saturated carbocycles. The Morgan fingerprint density at radius 2 is 1.70 bits per heavy atom. The molecule has 0 N–H and O–H groups in total. The molecule has 10 heavy (non-hydrogen) atoms. The van der Waals surface area contributed by atoms with Gasteiger partial charge in [0.15, 0.2) is 0 Å². The Hall–Kier alpha value is -0.520. The number of allylic oxidation sites excluding steroid dienone is 4. The van der Waals surface area contributed by atoms with Crippen LogP contribution in [0, 0.1) is 5.92 Å². The zero-order valence-electron chi connectivity index (χ0n) is 6.72. The number of hydrogen-bond acceptors (Lipinski definition) is 0. The van der Waals surface area contributed by atoms with Crippen LogP contribution in [0.1, 0.15) is 32.6 Å². The second-order valence-electron chi connectivity index (χ2n) is 3.03. The quantitative estimate of drug-likeness (QED) is 0.448. The number of rotatable bonds is 0. The normalized spacial score (nSPS) is 27.1. The van der Waals surface area contributed by atoms with Gasteiger partial charge in [-0.25, -0.2) is 0 Å². The predicted octanol–water partition coefficient (Wildman–Crippen LogP) is 3.31. The van der Waals surface area contributed by atoms with Crippen molar-refractivity contribution >= 4 is 0 Å². The maximum absolute atomic E-state index is 2.34. The van der Waals surface area contributed by atoms with Crippen LogP contribution >= 0.6 is 0 Å². The largest absolute Gasteiger partial charge is 0.0885 e. The van der Waals surface area contributed by atoms with Crippen LogP contribution in [0.15, 0.2) is 24.3 Å². The van der Waals surface area contributed by atoms with Crippen molar-refractivity contribution in [3.63, 3.8) is 0 Å². The molecule has 0 aromatic rings. The fraction of sp³-hybridized carbons (Fsp3) is 0.600. The Morgan fingerprint density at radius 1 is 1.00 bits per heavy atom. The summed E-state index contributed by atoms with van der Waals surface area (Å²) in [6.07, 6.45) is 14.3. The van der Waals surface area contributed by atoms with E-state index in [-0.39, 0.29) is 0 Å². The van der Waals surface area contributed by atoms with E-state index in [1.165, 1.54) is 25.7 Å². The van der Waals surface area contributed by atoms with Gasteiger partial charge in [-0.2, -0.15) is 0 Å². The molecule has 1 atom stereocenters. The summed E-state index contributed by atoms with van der Waals surface area (Å²) in [6.45, 7) is 2.29. The van der Waals surface area contributed by atoms with Crippen LogP contribution in [-0.2, 0) is 0 Å². The molecule has 56 valence electrons. The van der Waals surface area contributed by atoms with Crippen LogP contribution in [0.3, 0.4) is 0 Å². The van der Waals surface area contributed by atoms with Crippen LogP contribution < -0.4 is 0 Å². The Balaban J connectivity index is 2.39.